The first-order valence-electron chi connectivity index (χ1n) is 9.51. The summed E-state index contributed by atoms with van der Waals surface area (Å²) >= 11 is 0. The van der Waals surface area contributed by atoms with E-state index in [0.717, 1.165) is 24.8 Å². The van der Waals surface area contributed by atoms with Crippen LogP contribution in [0.15, 0.2) is 53.4 Å². The molecule has 1 heterocycles. The Kier molecular flexibility index (Phi) is 6.36. The van der Waals surface area contributed by atoms with Crippen LogP contribution >= 0.6 is 0 Å². The van der Waals surface area contributed by atoms with E-state index in [2.05, 4.69) is 5.32 Å². The molecular weight excluding hydrogens is 376 g/mol. The lowest BCUT2D eigenvalue weighted by atomic mass is 10.2. The molecule has 28 heavy (non-hydrogen) atoms. The smallest absolute Gasteiger partial charge is 0.265 e. The summed E-state index contributed by atoms with van der Waals surface area (Å²) in [6.07, 6.45) is 2.10. The van der Waals surface area contributed by atoms with Crippen LogP contribution in [0, 0.1) is 6.92 Å². The number of benzene rings is 2. The number of piperidine rings is 1. The van der Waals surface area contributed by atoms with Gasteiger partial charge in [-0.25, -0.2) is 8.42 Å². The minimum atomic E-state index is -3.54. The van der Waals surface area contributed by atoms with E-state index in [1.807, 2.05) is 25.1 Å². The molecular formula is C21H26N2O4S. The summed E-state index contributed by atoms with van der Waals surface area (Å²) < 4.78 is 32.8. The Bertz CT molecular complexity index is 937. The topological polar surface area (TPSA) is 75.7 Å². The van der Waals surface area contributed by atoms with Gasteiger partial charge in [-0.1, -0.05) is 24.6 Å². The molecule has 1 aliphatic rings. The lowest BCUT2D eigenvalue weighted by Crippen LogP contribution is -2.35. The van der Waals surface area contributed by atoms with Gasteiger partial charge < -0.3 is 10.1 Å². The number of aryl methyl sites for hydroxylation is 1. The third kappa shape index (κ3) is 4.91. The van der Waals surface area contributed by atoms with Crippen LogP contribution in [0.25, 0.3) is 0 Å². The first-order chi connectivity index (χ1) is 13.4. The zero-order valence-corrected chi connectivity index (χ0v) is 17.0. The van der Waals surface area contributed by atoms with E-state index < -0.39 is 16.1 Å². The Morgan fingerprint density at radius 3 is 2.50 bits per heavy atom. The van der Waals surface area contributed by atoms with Crippen LogP contribution in [0.3, 0.4) is 0 Å². The van der Waals surface area contributed by atoms with Crippen molar-refractivity contribution in [1.82, 2.24) is 4.31 Å². The van der Waals surface area contributed by atoms with E-state index in [9.17, 15) is 13.2 Å². The van der Waals surface area contributed by atoms with Gasteiger partial charge in [0.1, 0.15) is 5.75 Å². The largest absolute Gasteiger partial charge is 0.481 e. The van der Waals surface area contributed by atoms with Crippen LogP contribution in [-0.4, -0.2) is 37.8 Å². The van der Waals surface area contributed by atoms with Gasteiger partial charge in [0.05, 0.1) is 4.90 Å². The Hall–Kier alpha value is -2.38. The minimum Gasteiger partial charge on any atom is -0.481 e. The van der Waals surface area contributed by atoms with Gasteiger partial charge in [0.15, 0.2) is 6.10 Å². The van der Waals surface area contributed by atoms with Crippen molar-refractivity contribution in [3.63, 3.8) is 0 Å². The van der Waals surface area contributed by atoms with Crippen LogP contribution in [0.2, 0.25) is 0 Å². The number of nitrogens with one attached hydrogen (secondary N) is 1. The fourth-order valence-corrected chi connectivity index (χ4v) is 4.74. The summed E-state index contributed by atoms with van der Waals surface area (Å²) in [5.41, 5.74) is 1.48. The fraction of sp³-hybridized carbons (Fsp3) is 0.381. The maximum atomic E-state index is 12.8. The maximum Gasteiger partial charge on any atom is 0.265 e. The molecule has 0 aromatic heterocycles. The van der Waals surface area contributed by atoms with Gasteiger partial charge in [0.2, 0.25) is 10.0 Å². The number of sulfonamides is 1. The van der Waals surface area contributed by atoms with Gasteiger partial charge in [-0.3, -0.25) is 4.79 Å². The predicted molar refractivity (Wildman–Crippen MR) is 109 cm³/mol. The highest BCUT2D eigenvalue weighted by molar-refractivity contribution is 7.89. The molecule has 150 valence electrons. The average molecular weight is 403 g/mol. The number of rotatable bonds is 6. The summed E-state index contributed by atoms with van der Waals surface area (Å²) in [4.78, 5) is 12.7. The Balaban J connectivity index is 1.69. The van der Waals surface area contributed by atoms with E-state index in [4.69, 9.17) is 4.74 Å². The monoisotopic (exact) mass is 402 g/mol. The summed E-state index contributed by atoms with van der Waals surface area (Å²) in [6.45, 7) is 4.69. The maximum absolute atomic E-state index is 12.8. The van der Waals surface area contributed by atoms with Gasteiger partial charge in [-0.15, -0.1) is 0 Å². The molecule has 1 aliphatic heterocycles. The molecule has 3 rings (SSSR count). The second-order valence-electron chi connectivity index (χ2n) is 7.06. The van der Waals surface area contributed by atoms with Crippen molar-refractivity contribution in [2.24, 2.45) is 0 Å². The first-order valence-corrected chi connectivity index (χ1v) is 10.9. The number of carbonyl (C=O) groups is 1. The Labute approximate surface area is 166 Å². The van der Waals surface area contributed by atoms with Gasteiger partial charge in [-0.2, -0.15) is 4.31 Å². The molecule has 6 nitrogen and oxygen atoms in total. The van der Waals surface area contributed by atoms with Crippen LogP contribution in [-0.2, 0) is 14.8 Å². The predicted octanol–water partition coefficient (Wildman–Crippen LogP) is 3.58. The molecule has 1 amide bonds. The summed E-state index contributed by atoms with van der Waals surface area (Å²) in [5.74, 6) is 0.276. The SMILES string of the molecule is Cc1cccc(O[C@H](C)C(=O)Nc2cccc(S(=O)(=O)N3CCCCC3)c2)c1. The van der Waals surface area contributed by atoms with Gasteiger partial charge in [0.25, 0.3) is 5.91 Å². The van der Waals surface area contributed by atoms with Crippen LogP contribution in [0.5, 0.6) is 5.75 Å². The van der Waals surface area contributed by atoms with Crippen LogP contribution in [0.4, 0.5) is 5.69 Å². The van der Waals surface area contributed by atoms with Crippen LogP contribution in [0.1, 0.15) is 31.7 Å². The molecule has 0 aliphatic carbocycles. The average Bonchev–Trinajstić information content (AvgIpc) is 2.69. The molecule has 7 heteroatoms. The Morgan fingerprint density at radius 2 is 1.79 bits per heavy atom. The minimum absolute atomic E-state index is 0.194. The third-order valence-electron chi connectivity index (χ3n) is 4.73. The number of hydrogen-bond donors (Lipinski definition) is 1. The number of amides is 1. The number of hydrogen-bond acceptors (Lipinski definition) is 4. The number of nitrogens with zero attached hydrogens (tertiary/aromatic N) is 1. The van der Waals surface area contributed by atoms with E-state index in [1.165, 1.54) is 10.4 Å². The third-order valence-corrected chi connectivity index (χ3v) is 6.62. The quantitative estimate of drug-likeness (QED) is 0.801. The molecule has 1 atom stereocenters. The zero-order valence-electron chi connectivity index (χ0n) is 16.2. The van der Waals surface area contributed by atoms with Crippen molar-refractivity contribution in [3.05, 3.63) is 54.1 Å². The molecule has 1 N–H and O–H groups in total. The van der Waals surface area contributed by atoms with Crippen molar-refractivity contribution in [3.8, 4) is 5.75 Å². The fourth-order valence-electron chi connectivity index (χ4n) is 3.18. The second kappa shape index (κ2) is 8.75. The van der Waals surface area contributed by atoms with Crippen LogP contribution < -0.4 is 10.1 Å². The summed E-state index contributed by atoms with van der Waals surface area (Å²) in [6, 6.07) is 13.8. The van der Waals surface area contributed by atoms with E-state index >= 15 is 0 Å². The standard InChI is InChI=1S/C21H26N2O4S/c1-16-8-6-10-19(14-16)27-17(2)21(24)22-18-9-7-11-20(15-18)28(25,26)23-12-4-3-5-13-23/h6-11,14-15,17H,3-5,12-13H2,1-2H3,(H,22,24)/t17-/m1/s1. The molecule has 1 saturated heterocycles. The molecule has 0 spiro atoms. The Morgan fingerprint density at radius 1 is 1.07 bits per heavy atom. The van der Waals surface area contributed by atoms with Gasteiger partial charge in [-0.05, 0) is 62.6 Å². The number of ether oxygens (including phenoxy) is 1. The molecule has 2 aromatic carbocycles. The van der Waals surface area contributed by atoms with E-state index in [1.54, 1.807) is 31.2 Å². The second-order valence-corrected chi connectivity index (χ2v) is 9.00. The molecule has 2 aromatic rings. The van der Waals surface area contributed by atoms with Crippen molar-refractivity contribution in [2.45, 2.75) is 44.1 Å². The summed E-state index contributed by atoms with van der Waals surface area (Å²) in [7, 11) is -3.54. The molecule has 0 unspecified atom stereocenters. The first kappa shape index (κ1) is 20.4. The highest BCUT2D eigenvalue weighted by Gasteiger charge is 2.26. The van der Waals surface area contributed by atoms with Crippen molar-refractivity contribution in [2.75, 3.05) is 18.4 Å². The number of anilines is 1. The zero-order chi connectivity index (χ0) is 20.1. The van der Waals surface area contributed by atoms with E-state index in [0.29, 0.717) is 24.5 Å². The van der Waals surface area contributed by atoms with Gasteiger partial charge in [0, 0.05) is 18.8 Å². The van der Waals surface area contributed by atoms with Gasteiger partial charge >= 0.3 is 0 Å². The number of carbonyl (C=O) groups excluding carboxylic acids is 1. The lowest BCUT2D eigenvalue weighted by Gasteiger charge is -2.26. The highest BCUT2D eigenvalue weighted by atomic mass is 32.2. The molecule has 1 fully saturated rings. The highest BCUT2D eigenvalue weighted by Crippen LogP contribution is 2.23. The van der Waals surface area contributed by atoms with Crippen molar-refractivity contribution in [1.29, 1.82) is 0 Å². The summed E-state index contributed by atoms with van der Waals surface area (Å²) in [5, 5.41) is 2.75. The molecule has 0 saturated carbocycles. The van der Waals surface area contributed by atoms with E-state index in [-0.39, 0.29) is 10.8 Å². The normalized spacial score (nSPS) is 16.4. The van der Waals surface area contributed by atoms with Crippen molar-refractivity contribution < 1.29 is 17.9 Å². The lowest BCUT2D eigenvalue weighted by molar-refractivity contribution is -0.122. The van der Waals surface area contributed by atoms with Crippen molar-refractivity contribution >= 4 is 21.6 Å². The molecule has 0 radical (unpaired) electrons. The molecule has 0 bridgehead atoms.